The van der Waals surface area contributed by atoms with Gasteiger partial charge in [-0.05, 0) is 55.8 Å². The molecule has 0 aromatic heterocycles. The summed E-state index contributed by atoms with van der Waals surface area (Å²) in [7, 11) is 1.39. The van der Waals surface area contributed by atoms with Gasteiger partial charge in [-0.25, -0.2) is 14.0 Å². The zero-order chi connectivity index (χ0) is 23.4. The molecular weight excluding hydrogens is 421 g/mol. The van der Waals surface area contributed by atoms with E-state index in [9.17, 15) is 18.8 Å². The maximum absolute atomic E-state index is 13.2. The quantitative estimate of drug-likeness (QED) is 0.521. The molecule has 2 aromatic rings. The predicted octanol–water partition coefficient (Wildman–Crippen LogP) is 2.95. The summed E-state index contributed by atoms with van der Waals surface area (Å²) in [6.07, 6.45) is -1.10. The fraction of sp³-hybridized carbons (Fsp3) is 0.227. The number of carbonyl (C=O) groups is 3. The number of anilines is 1. The molecule has 0 aliphatic carbocycles. The van der Waals surface area contributed by atoms with Crippen LogP contribution in [0.1, 0.15) is 25.5 Å². The summed E-state index contributed by atoms with van der Waals surface area (Å²) in [6.45, 7) is 2.97. The molecule has 2 atom stereocenters. The highest BCUT2D eigenvalue weighted by Gasteiger charge is 2.32. The van der Waals surface area contributed by atoms with E-state index in [0.29, 0.717) is 16.9 Å². The van der Waals surface area contributed by atoms with Crippen LogP contribution in [0.4, 0.5) is 14.9 Å². The second-order valence-corrected chi connectivity index (χ2v) is 7.04. The summed E-state index contributed by atoms with van der Waals surface area (Å²) >= 11 is 0. The van der Waals surface area contributed by atoms with Gasteiger partial charge >= 0.3 is 12.0 Å². The van der Waals surface area contributed by atoms with Gasteiger partial charge < -0.3 is 30.5 Å². The maximum atomic E-state index is 13.2. The van der Waals surface area contributed by atoms with Gasteiger partial charge in [0, 0.05) is 11.4 Å². The lowest BCUT2D eigenvalue weighted by Gasteiger charge is -2.29. The highest BCUT2D eigenvalue weighted by Crippen LogP contribution is 2.35. The Morgan fingerprint density at radius 1 is 1.16 bits per heavy atom. The predicted molar refractivity (Wildman–Crippen MR) is 113 cm³/mol. The first-order chi connectivity index (χ1) is 15.2. The Hall–Kier alpha value is -4.08. The third-order valence-electron chi connectivity index (χ3n) is 4.79. The van der Waals surface area contributed by atoms with Crippen LogP contribution in [-0.4, -0.2) is 36.2 Å². The summed E-state index contributed by atoms with van der Waals surface area (Å²) in [5, 5.41) is 17.0. The summed E-state index contributed by atoms with van der Waals surface area (Å²) in [5.41, 5.74) is 1.48. The van der Waals surface area contributed by atoms with Gasteiger partial charge in [0.05, 0.1) is 18.7 Å². The SMILES string of the molecule is COc1cc(C2NC(=O)NC(C)=C2C(=O)Nc2ccc(F)cc2)ccc1OC(C)C(=O)O. The average Bonchev–Trinajstić information content (AvgIpc) is 2.74. The monoisotopic (exact) mass is 443 g/mol. The number of carbonyl (C=O) groups excluding carboxylic acids is 2. The molecule has 32 heavy (non-hydrogen) atoms. The first kappa shape index (κ1) is 22.6. The van der Waals surface area contributed by atoms with E-state index in [2.05, 4.69) is 16.0 Å². The van der Waals surface area contributed by atoms with Crippen molar-refractivity contribution in [1.29, 1.82) is 0 Å². The number of urea groups is 1. The number of ether oxygens (including phenoxy) is 2. The number of nitrogens with one attached hydrogen (secondary N) is 3. The second-order valence-electron chi connectivity index (χ2n) is 7.04. The fourth-order valence-corrected chi connectivity index (χ4v) is 3.18. The van der Waals surface area contributed by atoms with Crippen LogP contribution in [0.5, 0.6) is 11.5 Å². The van der Waals surface area contributed by atoms with E-state index in [4.69, 9.17) is 14.6 Å². The Labute approximate surface area is 183 Å². The number of benzene rings is 2. The number of hydrogen-bond acceptors (Lipinski definition) is 5. The van der Waals surface area contributed by atoms with E-state index in [1.54, 1.807) is 19.1 Å². The van der Waals surface area contributed by atoms with Crippen molar-refractivity contribution in [3.05, 3.63) is 65.1 Å². The maximum Gasteiger partial charge on any atom is 0.344 e. The molecule has 0 saturated carbocycles. The molecule has 4 N–H and O–H groups in total. The zero-order valence-electron chi connectivity index (χ0n) is 17.6. The summed E-state index contributed by atoms with van der Waals surface area (Å²) in [4.78, 5) is 36.2. The molecule has 3 amide bonds. The van der Waals surface area contributed by atoms with Gasteiger partial charge in [0.1, 0.15) is 5.82 Å². The number of rotatable bonds is 7. The minimum atomic E-state index is -1.14. The van der Waals surface area contributed by atoms with Gasteiger partial charge in [0.15, 0.2) is 17.6 Å². The number of methoxy groups -OCH3 is 1. The first-order valence-corrected chi connectivity index (χ1v) is 9.62. The lowest BCUT2D eigenvalue weighted by molar-refractivity contribution is -0.144. The molecule has 1 heterocycles. The number of allylic oxidation sites excluding steroid dienone is 1. The van der Waals surface area contributed by atoms with E-state index in [0.717, 1.165) is 0 Å². The number of carboxylic acids is 1. The smallest absolute Gasteiger partial charge is 0.344 e. The number of halogens is 1. The number of amides is 3. The van der Waals surface area contributed by atoms with Gasteiger partial charge in [0.2, 0.25) is 0 Å². The van der Waals surface area contributed by atoms with Crippen LogP contribution in [-0.2, 0) is 9.59 Å². The van der Waals surface area contributed by atoms with E-state index in [1.807, 2.05) is 0 Å². The molecule has 1 aliphatic rings. The Morgan fingerprint density at radius 2 is 1.84 bits per heavy atom. The Kier molecular flexibility index (Phi) is 6.62. The normalized spacial score (nSPS) is 16.5. The van der Waals surface area contributed by atoms with Gasteiger partial charge in [-0.2, -0.15) is 0 Å². The van der Waals surface area contributed by atoms with Crippen LogP contribution in [0, 0.1) is 5.82 Å². The van der Waals surface area contributed by atoms with Crippen molar-refractivity contribution >= 4 is 23.6 Å². The van der Waals surface area contributed by atoms with E-state index in [-0.39, 0.29) is 17.1 Å². The van der Waals surface area contributed by atoms with E-state index >= 15 is 0 Å². The van der Waals surface area contributed by atoms with Crippen LogP contribution < -0.4 is 25.4 Å². The molecule has 168 valence electrons. The fourth-order valence-electron chi connectivity index (χ4n) is 3.18. The third-order valence-corrected chi connectivity index (χ3v) is 4.79. The van der Waals surface area contributed by atoms with Crippen LogP contribution in [0.25, 0.3) is 0 Å². The minimum Gasteiger partial charge on any atom is -0.493 e. The molecule has 0 saturated heterocycles. The van der Waals surface area contributed by atoms with Crippen molar-refractivity contribution in [3.63, 3.8) is 0 Å². The van der Waals surface area contributed by atoms with Crippen molar-refractivity contribution in [2.24, 2.45) is 0 Å². The molecule has 2 unspecified atom stereocenters. The zero-order valence-corrected chi connectivity index (χ0v) is 17.6. The number of aliphatic carboxylic acids is 1. The van der Waals surface area contributed by atoms with E-state index < -0.39 is 35.9 Å². The molecule has 9 nitrogen and oxygen atoms in total. The lowest BCUT2D eigenvalue weighted by Crippen LogP contribution is -2.46. The van der Waals surface area contributed by atoms with Crippen LogP contribution in [0.2, 0.25) is 0 Å². The molecule has 1 aliphatic heterocycles. The molecule has 10 heteroatoms. The molecule has 0 spiro atoms. The lowest BCUT2D eigenvalue weighted by atomic mass is 9.94. The Morgan fingerprint density at radius 3 is 2.47 bits per heavy atom. The third kappa shape index (κ3) is 4.97. The molecule has 0 bridgehead atoms. The summed E-state index contributed by atoms with van der Waals surface area (Å²) in [6, 6.07) is 8.62. The highest BCUT2D eigenvalue weighted by atomic mass is 19.1. The summed E-state index contributed by atoms with van der Waals surface area (Å²) in [5.74, 6) is -1.64. The van der Waals surface area contributed by atoms with Crippen molar-refractivity contribution in [3.8, 4) is 11.5 Å². The van der Waals surface area contributed by atoms with Gasteiger partial charge in [-0.1, -0.05) is 6.07 Å². The van der Waals surface area contributed by atoms with Crippen LogP contribution in [0.3, 0.4) is 0 Å². The highest BCUT2D eigenvalue weighted by molar-refractivity contribution is 6.06. The largest absolute Gasteiger partial charge is 0.493 e. The Balaban J connectivity index is 1.93. The van der Waals surface area contributed by atoms with Crippen molar-refractivity contribution in [1.82, 2.24) is 10.6 Å². The number of hydrogen-bond donors (Lipinski definition) is 4. The summed E-state index contributed by atoms with van der Waals surface area (Å²) < 4.78 is 23.9. The van der Waals surface area contributed by atoms with Crippen molar-refractivity contribution in [2.45, 2.75) is 26.0 Å². The average molecular weight is 443 g/mol. The van der Waals surface area contributed by atoms with Gasteiger partial charge in [0.25, 0.3) is 5.91 Å². The standard InChI is InChI=1S/C22H22FN3O6/c1-11-18(20(27)25-15-7-5-14(23)6-8-15)19(26-22(30)24-11)13-4-9-16(17(10-13)31-3)32-12(2)21(28)29/h4-10,12,19H,1-3H3,(H,25,27)(H,28,29)(H2,24,26,30). The molecule has 3 rings (SSSR count). The molecular formula is C22H22FN3O6. The molecule has 0 radical (unpaired) electrons. The van der Waals surface area contributed by atoms with Crippen LogP contribution in [0.15, 0.2) is 53.7 Å². The molecule has 0 fully saturated rings. The van der Waals surface area contributed by atoms with Crippen molar-refractivity contribution in [2.75, 3.05) is 12.4 Å². The minimum absolute atomic E-state index is 0.199. The van der Waals surface area contributed by atoms with Crippen LogP contribution >= 0.6 is 0 Å². The second kappa shape index (κ2) is 9.38. The first-order valence-electron chi connectivity index (χ1n) is 9.62. The van der Waals surface area contributed by atoms with Crippen molar-refractivity contribution < 1.29 is 33.4 Å². The van der Waals surface area contributed by atoms with E-state index in [1.165, 1.54) is 44.4 Å². The van der Waals surface area contributed by atoms with Gasteiger partial charge in [-0.15, -0.1) is 0 Å². The van der Waals surface area contributed by atoms with Gasteiger partial charge in [-0.3, -0.25) is 4.79 Å². The Bertz CT molecular complexity index is 1080. The molecule has 2 aromatic carbocycles. The topological polar surface area (TPSA) is 126 Å². The number of carboxylic acid groups (broad SMARTS) is 1.